The van der Waals surface area contributed by atoms with E-state index in [1.165, 1.54) is 0 Å². The molecule has 0 saturated carbocycles. The Morgan fingerprint density at radius 2 is 1.14 bits per heavy atom. The summed E-state index contributed by atoms with van der Waals surface area (Å²) in [5, 5.41) is 0. The fourth-order valence-corrected chi connectivity index (χ4v) is 6.06. The Morgan fingerprint density at radius 1 is 0.714 bits per heavy atom. The number of rotatable bonds is 15. The third-order valence-corrected chi connectivity index (χ3v) is 9.01. The van der Waals surface area contributed by atoms with Gasteiger partial charge in [-0.1, -0.05) is 13.3 Å². The van der Waals surface area contributed by atoms with Crippen LogP contribution in [0.25, 0.3) is 0 Å². The molecule has 0 fully saturated rings. The molecule has 0 radical (unpaired) electrons. The van der Waals surface area contributed by atoms with E-state index in [0.29, 0.717) is 6.42 Å². The summed E-state index contributed by atoms with van der Waals surface area (Å²) in [4.78, 5) is 0. The Morgan fingerprint density at radius 3 is 1.54 bits per heavy atom. The van der Waals surface area contributed by atoms with Crippen molar-refractivity contribution in [1.29, 1.82) is 0 Å². The largest absolute Gasteiger partial charge is 0.295 e. The number of hydrogen-bond donors (Lipinski definition) is 0. The van der Waals surface area contributed by atoms with E-state index in [0.717, 1.165) is 20.1 Å². The van der Waals surface area contributed by atoms with Gasteiger partial charge < -0.3 is 0 Å². The van der Waals surface area contributed by atoms with Crippen molar-refractivity contribution in [3.8, 4) is 0 Å². The third-order valence-electron chi connectivity index (χ3n) is 3.31. The van der Waals surface area contributed by atoms with Crippen molar-refractivity contribution in [3.05, 3.63) is 0 Å². The zero-order valence-electron chi connectivity index (χ0n) is 16.2. The van der Waals surface area contributed by atoms with Gasteiger partial charge in [0.15, 0.2) is 20.7 Å². The van der Waals surface area contributed by atoms with Gasteiger partial charge in [0.25, 0.3) is 30.4 Å². The van der Waals surface area contributed by atoms with Crippen LogP contribution in [0.3, 0.4) is 0 Å². The lowest BCUT2D eigenvalue weighted by atomic mass is 10.3. The Labute approximate surface area is 168 Å². The quantitative estimate of drug-likeness (QED) is 0.230. The minimum atomic E-state index is -4.18. The van der Waals surface area contributed by atoms with Crippen molar-refractivity contribution in [1.82, 2.24) is 0 Å². The topological polar surface area (TPSA) is 164 Å². The lowest BCUT2D eigenvalue weighted by Gasteiger charge is -2.13. The van der Waals surface area contributed by atoms with Crippen LogP contribution in [0.15, 0.2) is 0 Å². The van der Waals surface area contributed by atoms with Crippen molar-refractivity contribution >= 4 is 40.2 Å². The lowest BCUT2D eigenvalue weighted by molar-refractivity contribution is 0.245. The van der Waals surface area contributed by atoms with E-state index in [1.807, 2.05) is 0 Å². The summed E-state index contributed by atoms with van der Waals surface area (Å²) in [6.45, 7) is 3.72. The first-order chi connectivity index (χ1) is 12.5. The van der Waals surface area contributed by atoms with Gasteiger partial charge >= 0.3 is 0 Å². The van der Waals surface area contributed by atoms with Gasteiger partial charge in [-0.3, -0.25) is 8.37 Å². The van der Waals surface area contributed by atoms with Crippen molar-refractivity contribution in [2.24, 2.45) is 0 Å². The van der Waals surface area contributed by atoms with Gasteiger partial charge in [0.2, 0.25) is 0 Å². The molecule has 28 heavy (non-hydrogen) atoms. The molecule has 0 N–H and O–H groups in total. The Kier molecular flexibility index (Phi) is 11.0. The highest BCUT2D eigenvalue weighted by atomic mass is 32.2. The summed E-state index contributed by atoms with van der Waals surface area (Å²) >= 11 is 0. The number of sulfone groups is 1. The van der Waals surface area contributed by atoms with Gasteiger partial charge in [0.1, 0.15) is 0 Å². The van der Waals surface area contributed by atoms with Crippen LogP contribution in [0.1, 0.15) is 46.5 Å². The average molecular weight is 489 g/mol. The Bertz CT molecular complexity index is 886. The minimum absolute atomic E-state index is 0.0159. The maximum Gasteiger partial charge on any atom is 0.295 e. The van der Waals surface area contributed by atoms with Gasteiger partial charge in [-0.05, 0) is 33.1 Å². The van der Waals surface area contributed by atoms with Crippen LogP contribution < -0.4 is 0 Å². The summed E-state index contributed by atoms with van der Waals surface area (Å²) in [5.41, 5.74) is -3.21. The van der Waals surface area contributed by atoms with E-state index in [4.69, 9.17) is 0 Å². The molecule has 0 aliphatic rings. The highest BCUT2D eigenvalue weighted by Gasteiger charge is 2.28. The molecule has 0 aliphatic heterocycles. The first-order valence-corrected chi connectivity index (χ1v) is 15.0. The summed E-state index contributed by atoms with van der Waals surface area (Å²) in [6.07, 6.45) is 1.47. The molecular formula is C13H28O11S4. The van der Waals surface area contributed by atoms with Gasteiger partial charge in [0, 0.05) is 6.26 Å². The van der Waals surface area contributed by atoms with Crippen molar-refractivity contribution < 1.29 is 46.2 Å². The first-order valence-electron chi connectivity index (χ1n) is 8.41. The molecule has 0 heterocycles. The number of hydrogen-bond acceptors (Lipinski definition) is 11. The molecule has 2 unspecified atom stereocenters. The summed E-state index contributed by atoms with van der Waals surface area (Å²) in [6, 6.07) is 0. The van der Waals surface area contributed by atoms with Crippen LogP contribution >= 0.6 is 0 Å². The SMILES string of the molecule is CCCOS(=O)(=O)C(C)OS(=O)(=O)CCCCCS(=O)(=O)OC(C)S(C)(=O)=O. The first kappa shape index (κ1) is 27.7. The average Bonchev–Trinajstić information content (AvgIpc) is 2.50. The normalized spacial score (nSPS) is 16.0. The fourth-order valence-electron chi connectivity index (χ4n) is 1.66. The molecule has 170 valence electrons. The summed E-state index contributed by atoms with van der Waals surface area (Å²) in [7, 11) is -16.1. The van der Waals surface area contributed by atoms with Gasteiger partial charge in [-0.2, -0.15) is 25.3 Å². The molecule has 0 aliphatic carbocycles. The molecule has 0 aromatic heterocycles. The minimum Gasteiger partial charge on any atom is -0.268 e. The zero-order chi connectivity index (χ0) is 22.2. The van der Waals surface area contributed by atoms with E-state index in [-0.39, 0.29) is 25.9 Å². The second-order valence-corrected chi connectivity index (χ2v) is 13.7. The predicted molar refractivity (Wildman–Crippen MR) is 103 cm³/mol. The van der Waals surface area contributed by atoms with Gasteiger partial charge in [0.05, 0.1) is 18.1 Å². The molecule has 15 heteroatoms. The highest BCUT2D eigenvalue weighted by Crippen LogP contribution is 2.13. The Hall–Kier alpha value is -0.320. The predicted octanol–water partition coefficient (Wildman–Crippen LogP) is 0.343. The van der Waals surface area contributed by atoms with Gasteiger partial charge in [-0.25, -0.2) is 12.6 Å². The van der Waals surface area contributed by atoms with Crippen LogP contribution in [-0.2, 0) is 52.7 Å². The van der Waals surface area contributed by atoms with Gasteiger partial charge in [-0.15, -0.1) is 0 Å². The van der Waals surface area contributed by atoms with E-state index >= 15 is 0 Å². The zero-order valence-corrected chi connectivity index (χ0v) is 19.5. The Balaban J connectivity index is 4.42. The lowest BCUT2D eigenvalue weighted by Crippen LogP contribution is -2.28. The van der Waals surface area contributed by atoms with Crippen molar-refractivity contribution in [2.45, 2.75) is 57.3 Å². The molecular weight excluding hydrogens is 460 g/mol. The maximum atomic E-state index is 11.8. The second kappa shape index (κ2) is 11.2. The van der Waals surface area contributed by atoms with E-state index in [1.54, 1.807) is 6.92 Å². The van der Waals surface area contributed by atoms with E-state index in [9.17, 15) is 33.7 Å². The second-order valence-electron chi connectivity index (χ2n) is 6.06. The fraction of sp³-hybridized carbons (Fsp3) is 1.00. The van der Waals surface area contributed by atoms with Crippen molar-refractivity contribution in [2.75, 3.05) is 24.4 Å². The molecule has 11 nitrogen and oxygen atoms in total. The van der Waals surface area contributed by atoms with E-state index in [2.05, 4.69) is 12.5 Å². The number of unbranched alkanes of at least 4 members (excludes halogenated alkanes) is 2. The molecule has 2 atom stereocenters. The standard InChI is InChI=1S/C13H28O11S4/c1-5-9-22-28(20,21)13(3)24-27(18,19)11-8-6-7-10-26(16,17)23-12(2)25(4,14)15/h12-13H,5-11H2,1-4H3. The van der Waals surface area contributed by atoms with Crippen LogP contribution in [-0.4, -0.2) is 68.9 Å². The van der Waals surface area contributed by atoms with E-state index < -0.39 is 62.6 Å². The molecule has 0 saturated heterocycles. The summed E-state index contributed by atoms with van der Waals surface area (Å²) < 4.78 is 106. The molecule has 0 amide bonds. The molecule has 0 aromatic carbocycles. The highest BCUT2D eigenvalue weighted by molar-refractivity contribution is 7.92. The van der Waals surface area contributed by atoms with Crippen LogP contribution in [0.2, 0.25) is 0 Å². The summed E-state index contributed by atoms with van der Waals surface area (Å²) in [5.74, 6) is -0.995. The third kappa shape index (κ3) is 11.6. The molecule has 0 bridgehead atoms. The smallest absolute Gasteiger partial charge is 0.268 e. The van der Waals surface area contributed by atoms with Crippen molar-refractivity contribution in [3.63, 3.8) is 0 Å². The molecule has 0 rings (SSSR count). The maximum absolute atomic E-state index is 11.8. The van der Waals surface area contributed by atoms with Crippen LogP contribution in [0, 0.1) is 0 Å². The van der Waals surface area contributed by atoms with Crippen LogP contribution in [0.5, 0.6) is 0 Å². The molecule has 0 aromatic rings. The molecule has 0 spiro atoms. The van der Waals surface area contributed by atoms with Crippen LogP contribution in [0.4, 0.5) is 0 Å². The monoisotopic (exact) mass is 488 g/mol.